The lowest BCUT2D eigenvalue weighted by Gasteiger charge is -2.05. The van der Waals surface area contributed by atoms with Crippen molar-refractivity contribution in [2.75, 3.05) is 0 Å². The van der Waals surface area contributed by atoms with E-state index in [1.165, 1.54) is 0 Å². The van der Waals surface area contributed by atoms with Crippen molar-refractivity contribution in [2.45, 2.75) is 13.5 Å². The zero-order chi connectivity index (χ0) is 11.5. The average Bonchev–Trinajstić information content (AvgIpc) is 2.33. The van der Waals surface area contributed by atoms with E-state index in [-0.39, 0.29) is 6.61 Å². The van der Waals surface area contributed by atoms with Crippen LogP contribution in [0, 0.1) is 6.92 Å². The number of phenols is 1. The highest BCUT2D eigenvalue weighted by Crippen LogP contribution is 2.25. The van der Waals surface area contributed by atoms with Crippen LogP contribution in [0.15, 0.2) is 42.5 Å². The molecule has 0 spiro atoms. The molecule has 0 unspecified atom stereocenters. The summed E-state index contributed by atoms with van der Waals surface area (Å²) in [6.45, 7) is 1.94. The summed E-state index contributed by atoms with van der Waals surface area (Å²) in [5, 5.41) is 18.4. The zero-order valence-corrected chi connectivity index (χ0v) is 9.14. The maximum Gasteiger partial charge on any atom is 0.118 e. The SMILES string of the molecule is Cc1cc(-c2ccc(CO)cc2)ccc1O. The van der Waals surface area contributed by atoms with Gasteiger partial charge in [0.2, 0.25) is 0 Å². The van der Waals surface area contributed by atoms with E-state index in [4.69, 9.17) is 5.11 Å². The van der Waals surface area contributed by atoms with E-state index >= 15 is 0 Å². The lowest BCUT2D eigenvalue weighted by Crippen LogP contribution is -1.84. The molecule has 16 heavy (non-hydrogen) atoms. The van der Waals surface area contributed by atoms with Crippen LogP contribution in [0.4, 0.5) is 0 Å². The average molecular weight is 214 g/mol. The van der Waals surface area contributed by atoms with Gasteiger partial charge in [-0.2, -0.15) is 0 Å². The number of aryl methyl sites for hydroxylation is 1. The number of hydrogen-bond donors (Lipinski definition) is 2. The van der Waals surface area contributed by atoms with Gasteiger partial charge in [-0.3, -0.25) is 0 Å². The predicted octanol–water partition coefficient (Wildman–Crippen LogP) is 2.86. The van der Waals surface area contributed by atoms with Gasteiger partial charge in [0.1, 0.15) is 5.75 Å². The van der Waals surface area contributed by atoms with E-state index < -0.39 is 0 Å². The quantitative estimate of drug-likeness (QED) is 0.807. The van der Waals surface area contributed by atoms with Crippen LogP contribution in [0.1, 0.15) is 11.1 Å². The van der Waals surface area contributed by atoms with Gasteiger partial charge < -0.3 is 10.2 Å². The fourth-order valence-corrected chi connectivity index (χ4v) is 1.64. The molecule has 2 heteroatoms. The van der Waals surface area contributed by atoms with Crippen molar-refractivity contribution in [3.8, 4) is 16.9 Å². The van der Waals surface area contributed by atoms with Crippen molar-refractivity contribution >= 4 is 0 Å². The Morgan fingerprint density at radius 2 is 1.56 bits per heavy atom. The van der Waals surface area contributed by atoms with Crippen molar-refractivity contribution in [3.63, 3.8) is 0 Å². The highest BCUT2D eigenvalue weighted by molar-refractivity contribution is 5.65. The maximum absolute atomic E-state index is 9.44. The molecule has 0 aliphatic carbocycles. The molecule has 0 aliphatic heterocycles. The number of phenolic OH excluding ortho intramolecular Hbond substituents is 1. The van der Waals surface area contributed by atoms with Gasteiger partial charge in [-0.05, 0) is 41.3 Å². The number of rotatable bonds is 2. The van der Waals surface area contributed by atoms with Crippen LogP contribution < -0.4 is 0 Å². The third-order valence-corrected chi connectivity index (χ3v) is 2.67. The molecule has 2 aromatic rings. The van der Waals surface area contributed by atoms with E-state index in [9.17, 15) is 5.11 Å². The summed E-state index contributed by atoms with van der Waals surface area (Å²) in [6.07, 6.45) is 0. The lowest BCUT2D eigenvalue weighted by atomic mass is 10.0. The molecule has 0 radical (unpaired) electrons. The van der Waals surface area contributed by atoms with E-state index in [0.29, 0.717) is 5.75 Å². The molecule has 0 atom stereocenters. The molecule has 0 saturated carbocycles. The molecule has 82 valence electrons. The molecule has 0 bridgehead atoms. The van der Waals surface area contributed by atoms with E-state index in [2.05, 4.69) is 0 Å². The predicted molar refractivity (Wildman–Crippen MR) is 64.2 cm³/mol. The summed E-state index contributed by atoms with van der Waals surface area (Å²) >= 11 is 0. The minimum atomic E-state index is 0.0644. The van der Waals surface area contributed by atoms with Crippen LogP contribution in [0.2, 0.25) is 0 Å². The molecular weight excluding hydrogens is 200 g/mol. The van der Waals surface area contributed by atoms with Crippen molar-refractivity contribution in [1.29, 1.82) is 0 Å². The van der Waals surface area contributed by atoms with Gasteiger partial charge in [0.25, 0.3) is 0 Å². The summed E-state index contributed by atoms with van der Waals surface area (Å²) in [5.74, 6) is 0.315. The highest BCUT2D eigenvalue weighted by atomic mass is 16.3. The third kappa shape index (κ3) is 2.07. The molecule has 0 heterocycles. The summed E-state index contributed by atoms with van der Waals surface area (Å²) in [5.41, 5.74) is 3.92. The third-order valence-electron chi connectivity index (χ3n) is 2.67. The monoisotopic (exact) mass is 214 g/mol. The number of aliphatic hydroxyl groups is 1. The first kappa shape index (κ1) is 10.7. The van der Waals surface area contributed by atoms with Gasteiger partial charge in [-0.25, -0.2) is 0 Å². The molecule has 0 aliphatic rings. The summed E-state index contributed by atoms with van der Waals surface area (Å²) in [6, 6.07) is 13.3. The fraction of sp³-hybridized carbons (Fsp3) is 0.143. The minimum absolute atomic E-state index is 0.0644. The van der Waals surface area contributed by atoms with Gasteiger partial charge in [0.15, 0.2) is 0 Å². The van der Waals surface area contributed by atoms with Gasteiger partial charge in [-0.1, -0.05) is 30.3 Å². The van der Waals surface area contributed by atoms with E-state index in [1.54, 1.807) is 6.07 Å². The van der Waals surface area contributed by atoms with Crippen LogP contribution in [0.25, 0.3) is 11.1 Å². The van der Waals surface area contributed by atoms with Crippen molar-refractivity contribution in [3.05, 3.63) is 53.6 Å². The molecule has 0 saturated heterocycles. The van der Waals surface area contributed by atoms with Crippen LogP contribution in [0.5, 0.6) is 5.75 Å². The molecule has 2 rings (SSSR count). The van der Waals surface area contributed by atoms with Gasteiger partial charge in [0.05, 0.1) is 6.61 Å². The Kier molecular flexibility index (Phi) is 2.93. The van der Waals surface area contributed by atoms with Crippen LogP contribution >= 0.6 is 0 Å². The molecule has 2 N–H and O–H groups in total. The Bertz CT molecular complexity index is 487. The van der Waals surface area contributed by atoms with Crippen molar-refractivity contribution in [2.24, 2.45) is 0 Å². The Balaban J connectivity index is 2.38. The minimum Gasteiger partial charge on any atom is -0.508 e. The Labute approximate surface area is 94.8 Å². The summed E-state index contributed by atoms with van der Waals surface area (Å²) in [7, 11) is 0. The Morgan fingerprint density at radius 1 is 0.938 bits per heavy atom. The fourth-order valence-electron chi connectivity index (χ4n) is 1.64. The van der Waals surface area contributed by atoms with Crippen LogP contribution in [-0.4, -0.2) is 10.2 Å². The molecule has 2 nitrogen and oxygen atoms in total. The van der Waals surface area contributed by atoms with Crippen LogP contribution in [-0.2, 0) is 6.61 Å². The topological polar surface area (TPSA) is 40.5 Å². The molecular formula is C14H14O2. The highest BCUT2D eigenvalue weighted by Gasteiger charge is 2.01. The maximum atomic E-state index is 9.44. The van der Waals surface area contributed by atoms with E-state index in [0.717, 1.165) is 22.3 Å². The van der Waals surface area contributed by atoms with Crippen molar-refractivity contribution < 1.29 is 10.2 Å². The second kappa shape index (κ2) is 4.37. The largest absolute Gasteiger partial charge is 0.508 e. The first-order valence-electron chi connectivity index (χ1n) is 5.20. The normalized spacial score (nSPS) is 10.4. The number of aliphatic hydroxyl groups excluding tert-OH is 1. The number of aromatic hydroxyl groups is 1. The van der Waals surface area contributed by atoms with E-state index in [1.807, 2.05) is 43.3 Å². The molecule has 0 aromatic heterocycles. The standard InChI is InChI=1S/C14H14O2/c1-10-8-13(6-7-14(10)16)12-4-2-11(9-15)3-5-12/h2-8,15-16H,9H2,1H3. The Morgan fingerprint density at radius 3 is 2.12 bits per heavy atom. The smallest absolute Gasteiger partial charge is 0.118 e. The Hall–Kier alpha value is -1.80. The first-order valence-corrected chi connectivity index (χ1v) is 5.20. The van der Waals surface area contributed by atoms with Gasteiger partial charge in [-0.15, -0.1) is 0 Å². The first-order chi connectivity index (χ1) is 7.70. The van der Waals surface area contributed by atoms with Gasteiger partial charge >= 0.3 is 0 Å². The van der Waals surface area contributed by atoms with Crippen molar-refractivity contribution in [1.82, 2.24) is 0 Å². The molecule has 0 fully saturated rings. The number of benzene rings is 2. The summed E-state index contributed by atoms with van der Waals surface area (Å²) < 4.78 is 0. The summed E-state index contributed by atoms with van der Waals surface area (Å²) in [4.78, 5) is 0. The van der Waals surface area contributed by atoms with Gasteiger partial charge in [0, 0.05) is 0 Å². The number of hydrogen-bond acceptors (Lipinski definition) is 2. The molecule has 2 aromatic carbocycles. The zero-order valence-electron chi connectivity index (χ0n) is 9.14. The lowest BCUT2D eigenvalue weighted by molar-refractivity contribution is 0.282. The van der Waals surface area contributed by atoms with Crippen LogP contribution in [0.3, 0.4) is 0 Å². The second-order valence-corrected chi connectivity index (χ2v) is 3.86. The molecule has 0 amide bonds. The second-order valence-electron chi connectivity index (χ2n) is 3.86.